The van der Waals surface area contributed by atoms with Crippen LogP contribution in [-0.4, -0.2) is 39.9 Å². The molecule has 1 amide bonds. The number of rotatable bonds is 3. The molecule has 1 fully saturated rings. The van der Waals surface area contributed by atoms with Gasteiger partial charge >= 0.3 is 5.97 Å². The fourth-order valence-electron chi connectivity index (χ4n) is 3.84. The van der Waals surface area contributed by atoms with Crippen molar-refractivity contribution in [1.82, 2.24) is 4.90 Å². The molecule has 1 unspecified atom stereocenters. The summed E-state index contributed by atoms with van der Waals surface area (Å²) in [7, 11) is 0. The van der Waals surface area contributed by atoms with Gasteiger partial charge in [0, 0.05) is 30.8 Å². The van der Waals surface area contributed by atoms with E-state index in [1.54, 1.807) is 4.90 Å². The van der Waals surface area contributed by atoms with Gasteiger partial charge in [0.25, 0.3) is 11.6 Å². The lowest BCUT2D eigenvalue weighted by atomic mass is 9.71. The first-order valence-corrected chi connectivity index (χ1v) is 8.37. The SMILES string of the molecule is O=C(O)c1cc(C(=O)N2CCCC3(CC=CCC3)C2)cc([N+](=O)[O-])c1. The van der Waals surface area contributed by atoms with Crippen LogP contribution < -0.4 is 0 Å². The van der Waals surface area contributed by atoms with Crippen molar-refractivity contribution >= 4 is 17.6 Å². The zero-order valence-electron chi connectivity index (χ0n) is 13.8. The summed E-state index contributed by atoms with van der Waals surface area (Å²) < 4.78 is 0. The number of amides is 1. The number of carboxylic acids is 1. The maximum absolute atomic E-state index is 12.9. The van der Waals surface area contributed by atoms with Crippen molar-refractivity contribution in [2.75, 3.05) is 13.1 Å². The van der Waals surface area contributed by atoms with Crippen LogP contribution in [0.15, 0.2) is 30.4 Å². The van der Waals surface area contributed by atoms with Crippen molar-refractivity contribution in [3.8, 4) is 0 Å². The van der Waals surface area contributed by atoms with E-state index in [4.69, 9.17) is 5.11 Å². The van der Waals surface area contributed by atoms with Crippen LogP contribution in [0.4, 0.5) is 5.69 Å². The van der Waals surface area contributed by atoms with Crippen LogP contribution in [0.25, 0.3) is 0 Å². The molecule has 1 aromatic carbocycles. The summed E-state index contributed by atoms with van der Waals surface area (Å²) in [6.07, 6.45) is 9.24. The van der Waals surface area contributed by atoms with Crippen molar-refractivity contribution in [1.29, 1.82) is 0 Å². The molecule has 7 heteroatoms. The van der Waals surface area contributed by atoms with E-state index < -0.39 is 10.9 Å². The summed E-state index contributed by atoms with van der Waals surface area (Å²) in [6, 6.07) is 3.36. The van der Waals surface area contributed by atoms with Gasteiger partial charge in [0.05, 0.1) is 10.5 Å². The minimum absolute atomic E-state index is 0.0648. The van der Waals surface area contributed by atoms with Crippen LogP contribution in [0, 0.1) is 15.5 Å². The van der Waals surface area contributed by atoms with E-state index in [2.05, 4.69) is 12.2 Å². The summed E-state index contributed by atoms with van der Waals surface area (Å²) in [5.41, 5.74) is -0.477. The van der Waals surface area contributed by atoms with E-state index in [9.17, 15) is 19.7 Å². The highest BCUT2D eigenvalue weighted by Gasteiger charge is 2.37. The van der Waals surface area contributed by atoms with Gasteiger partial charge in [-0.05, 0) is 43.6 Å². The summed E-state index contributed by atoms with van der Waals surface area (Å²) in [5.74, 6) is -1.62. The maximum Gasteiger partial charge on any atom is 0.335 e. The molecule has 0 aromatic heterocycles. The fourth-order valence-corrected chi connectivity index (χ4v) is 3.84. The van der Waals surface area contributed by atoms with E-state index in [0.29, 0.717) is 13.1 Å². The van der Waals surface area contributed by atoms with Crippen molar-refractivity contribution in [3.05, 3.63) is 51.6 Å². The third-order valence-corrected chi connectivity index (χ3v) is 5.13. The Kier molecular flexibility index (Phi) is 4.57. The minimum atomic E-state index is -1.29. The molecule has 7 nitrogen and oxygen atoms in total. The Morgan fingerprint density at radius 3 is 2.56 bits per heavy atom. The number of carbonyl (C=O) groups is 2. The standard InChI is InChI=1S/C18H20N2O5/c21-16(13-9-14(17(22)23)11-15(10-13)20(24)25)19-8-4-7-18(12-19)5-2-1-3-6-18/h1-2,9-11H,3-8,12H2,(H,22,23). The topological polar surface area (TPSA) is 101 Å². The van der Waals surface area contributed by atoms with Crippen LogP contribution in [0.1, 0.15) is 52.8 Å². The summed E-state index contributed by atoms with van der Waals surface area (Å²) in [5, 5.41) is 20.2. The molecule has 1 saturated heterocycles. The molecular formula is C18H20N2O5. The molecule has 1 aliphatic heterocycles. The Balaban J connectivity index is 1.88. The second-order valence-corrected chi connectivity index (χ2v) is 6.88. The summed E-state index contributed by atoms with van der Waals surface area (Å²) in [4.78, 5) is 36.2. The Morgan fingerprint density at radius 2 is 1.92 bits per heavy atom. The maximum atomic E-state index is 12.9. The smallest absolute Gasteiger partial charge is 0.335 e. The van der Waals surface area contributed by atoms with Crippen molar-refractivity contribution < 1.29 is 19.6 Å². The van der Waals surface area contributed by atoms with E-state index >= 15 is 0 Å². The van der Waals surface area contributed by atoms with E-state index in [1.165, 1.54) is 6.07 Å². The highest BCUT2D eigenvalue weighted by Crippen LogP contribution is 2.41. The zero-order chi connectivity index (χ0) is 18.0. The molecule has 1 atom stereocenters. The summed E-state index contributed by atoms with van der Waals surface area (Å²) >= 11 is 0. The van der Waals surface area contributed by atoms with Gasteiger partial charge in [0.2, 0.25) is 0 Å². The van der Waals surface area contributed by atoms with Gasteiger partial charge < -0.3 is 10.0 Å². The lowest BCUT2D eigenvalue weighted by Crippen LogP contribution is -2.46. The lowest BCUT2D eigenvalue weighted by Gasteiger charge is -2.44. The number of carboxylic acid groups (broad SMARTS) is 1. The first kappa shape index (κ1) is 17.1. The number of nitro groups is 1. The quantitative estimate of drug-likeness (QED) is 0.515. The number of piperidine rings is 1. The summed E-state index contributed by atoms with van der Waals surface area (Å²) in [6.45, 7) is 1.21. The number of likely N-dealkylation sites (tertiary alicyclic amines) is 1. The van der Waals surface area contributed by atoms with E-state index in [0.717, 1.165) is 44.2 Å². The van der Waals surface area contributed by atoms with Crippen LogP contribution in [0.2, 0.25) is 0 Å². The molecule has 1 heterocycles. The molecule has 1 aromatic rings. The number of non-ortho nitro benzene ring substituents is 1. The Hall–Kier alpha value is -2.70. The number of carbonyl (C=O) groups excluding carboxylic acids is 1. The average Bonchev–Trinajstić information content (AvgIpc) is 2.61. The largest absolute Gasteiger partial charge is 0.478 e. The van der Waals surface area contributed by atoms with Gasteiger partial charge in [-0.3, -0.25) is 14.9 Å². The molecule has 1 aliphatic carbocycles. The molecule has 1 N–H and O–H groups in total. The molecule has 132 valence electrons. The predicted octanol–water partition coefficient (Wildman–Crippen LogP) is 3.26. The number of aromatic carboxylic acids is 1. The zero-order valence-corrected chi connectivity index (χ0v) is 13.8. The number of benzene rings is 1. The molecule has 0 saturated carbocycles. The molecular weight excluding hydrogens is 324 g/mol. The van der Waals surface area contributed by atoms with Gasteiger partial charge in [0.15, 0.2) is 0 Å². The third kappa shape index (κ3) is 3.55. The molecule has 0 radical (unpaired) electrons. The van der Waals surface area contributed by atoms with Crippen molar-refractivity contribution in [2.45, 2.75) is 32.1 Å². The number of allylic oxidation sites excluding steroid dienone is 2. The Morgan fingerprint density at radius 1 is 1.16 bits per heavy atom. The van der Waals surface area contributed by atoms with Gasteiger partial charge in [-0.25, -0.2) is 4.79 Å². The Labute approximate surface area is 145 Å². The monoisotopic (exact) mass is 344 g/mol. The van der Waals surface area contributed by atoms with Crippen LogP contribution >= 0.6 is 0 Å². The minimum Gasteiger partial charge on any atom is -0.478 e. The van der Waals surface area contributed by atoms with Crippen LogP contribution in [0.5, 0.6) is 0 Å². The highest BCUT2D eigenvalue weighted by molar-refractivity contribution is 5.98. The first-order valence-electron chi connectivity index (χ1n) is 8.37. The average molecular weight is 344 g/mol. The third-order valence-electron chi connectivity index (χ3n) is 5.13. The molecule has 25 heavy (non-hydrogen) atoms. The normalized spacial score (nSPS) is 22.8. The van der Waals surface area contributed by atoms with E-state index in [-0.39, 0.29) is 28.1 Å². The second-order valence-electron chi connectivity index (χ2n) is 6.88. The molecule has 2 aliphatic rings. The predicted molar refractivity (Wildman–Crippen MR) is 90.6 cm³/mol. The van der Waals surface area contributed by atoms with Crippen LogP contribution in [-0.2, 0) is 0 Å². The van der Waals surface area contributed by atoms with Crippen LogP contribution in [0.3, 0.4) is 0 Å². The molecule has 0 bridgehead atoms. The number of nitrogens with zero attached hydrogens (tertiary/aromatic N) is 2. The second kappa shape index (κ2) is 6.66. The highest BCUT2D eigenvalue weighted by atomic mass is 16.6. The fraction of sp³-hybridized carbons (Fsp3) is 0.444. The van der Waals surface area contributed by atoms with Crippen molar-refractivity contribution in [2.24, 2.45) is 5.41 Å². The van der Waals surface area contributed by atoms with Gasteiger partial charge in [0.1, 0.15) is 0 Å². The van der Waals surface area contributed by atoms with Gasteiger partial charge in [-0.1, -0.05) is 12.2 Å². The number of hydrogen-bond acceptors (Lipinski definition) is 4. The lowest BCUT2D eigenvalue weighted by molar-refractivity contribution is -0.384. The van der Waals surface area contributed by atoms with Crippen molar-refractivity contribution in [3.63, 3.8) is 0 Å². The van der Waals surface area contributed by atoms with Gasteiger partial charge in [-0.15, -0.1) is 0 Å². The molecule has 1 spiro atoms. The number of hydrogen-bond donors (Lipinski definition) is 1. The van der Waals surface area contributed by atoms with E-state index in [1.807, 2.05) is 0 Å². The Bertz CT molecular complexity index is 726. The number of nitro benzene ring substituents is 1. The van der Waals surface area contributed by atoms with Gasteiger partial charge in [-0.2, -0.15) is 0 Å². The molecule has 3 rings (SSSR count). The first-order chi connectivity index (χ1) is 11.9.